The highest BCUT2D eigenvalue weighted by Gasteiger charge is 2.44. The summed E-state index contributed by atoms with van der Waals surface area (Å²) in [5, 5.41) is 2.58. The minimum absolute atomic E-state index is 0.0597. The van der Waals surface area contributed by atoms with Gasteiger partial charge in [-0.3, -0.25) is 24.0 Å². The van der Waals surface area contributed by atoms with E-state index in [4.69, 9.17) is 14.2 Å². The Labute approximate surface area is 364 Å². The van der Waals surface area contributed by atoms with Gasteiger partial charge in [-0.15, -0.1) is 0 Å². The molecule has 1 heterocycles. The molecule has 16 heteroatoms. The predicted molar refractivity (Wildman–Crippen MR) is 235 cm³/mol. The fraction of sp³-hybridized carbons (Fsp3) is 0.733. The molecular formula is C45H74N4O11S. The Balaban J connectivity index is 2.31. The van der Waals surface area contributed by atoms with Gasteiger partial charge in [0.2, 0.25) is 17.7 Å². The number of ether oxygens (including phenoxy) is 3. The van der Waals surface area contributed by atoms with Crippen molar-refractivity contribution in [3.63, 3.8) is 0 Å². The number of benzene rings is 1. The molecule has 1 aromatic rings. The number of nitrogens with zero attached hydrogens (tertiary/aromatic N) is 3. The van der Waals surface area contributed by atoms with Crippen molar-refractivity contribution in [2.24, 2.45) is 29.6 Å². The molecule has 1 aromatic carbocycles. The molecule has 2 rings (SSSR count). The molecule has 0 spiro atoms. The summed E-state index contributed by atoms with van der Waals surface area (Å²) in [5.74, 6) is -4.58. The molecule has 1 aliphatic heterocycles. The molecular weight excluding hydrogens is 805 g/mol. The highest BCUT2D eigenvalue weighted by Crippen LogP contribution is 2.32. The van der Waals surface area contributed by atoms with Crippen LogP contribution in [0.25, 0.3) is 0 Å². The smallest absolute Gasteiger partial charge is 0.410 e. The third-order valence-electron chi connectivity index (χ3n) is 11.8. The number of carbonyl (C=O) groups is 6. The van der Waals surface area contributed by atoms with Crippen molar-refractivity contribution in [3.8, 4) is 0 Å². The lowest BCUT2D eigenvalue weighted by Crippen LogP contribution is -2.54. The number of anilines is 1. The third-order valence-corrected chi connectivity index (χ3v) is 13.5. The van der Waals surface area contributed by atoms with Crippen LogP contribution in [0.4, 0.5) is 10.5 Å². The quantitative estimate of drug-likeness (QED) is 0.143. The lowest BCUT2D eigenvalue weighted by atomic mass is 9.83. The summed E-state index contributed by atoms with van der Waals surface area (Å²) in [6, 6.07) is 3.71. The normalized spacial score (nSPS) is 18.1. The molecule has 1 saturated heterocycles. The summed E-state index contributed by atoms with van der Waals surface area (Å²) in [6.07, 6.45) is -0.480. The number of sulfone groups is 1. The standard InChI is InChI=1S/C45H74N4O11S/c1-16-29(6)41(47(12)43(54)34(27(2)3)24-36(51)40(28(4)5)48(13)44(55)60-45(9,10)11)38(58-14)25-39(53)49-23-17-18-35(49)42(59-15)30(7)37(52)26-61(56,57)33-21-19-32(20-22-33)46-31(8)50/h19-22,27-30,34-35,38,40-42H,16-18,23-26H2,1-15H3,(H,46,50)/t29-,30-,34-,35-,38+,40-,41-,42+/m0/s1. The number of nitrogens with one attached hydrogen (secondary N) is 1. The van der Waals surface area contributed by atoms with E-state index in [9.17, 15) is 37.2 Å². The molecule has 0 saturated carbocycles. The van der Waals surface area contributed by atoms with Crippen molar-refractivity contribution in [3.05, 3.63) is 24.3 Å². The Bertz CT molecular complexity index is 1780. The summed E-state index contributed by atoms with van der Waals surface area (Å²) >= 11 is 0. The van der Waals surface area contributed by atoms with Crippen LogP contribution in [0.2, 0.25) is 0 Å². The zero-order valence-electron chi connectivity index (χ0n) is 39.3. The predicted octanol–water partition coefficient (Wildman–Crippen LogP) is 6.03. The van der Waals surface area contributed by atoms with Gasteiger partial charge in [-0.25, -0.2) is 13.2 Å². The summed E-state index contributed by atoms with van der Waals surface area (Å²) in [4.78, 5) is 85.3. The first-order chi connectivity index (χ1) is 28.2. The van der Waals surface area contributed by atoms with Crippen LogP contribution < -0.4 is 5.32 Å². The van der Waals surface area contributed by atoms with Gasteiger partial charge in [-0.2, -0.15) is 0 Å². The zero-order chi connectivity index (χ0) is 46.7. The molecule has 0 bridgehead atoms. The number of likely N-dealkylation sites (N-methyl/N-ethyl adjacent to an activating group) is 2. The lowest BCUT2D eigenvalue weighted by molar-refractivity contribution is -0.149. The third kappa shape index (κ3) is 14.6. The van der Waals surface area contributed by atoms with E-state index in [1.165, 1.54) is 57.4 Å². The first-order valence-corrected chi connectivity index (χ1v) is 23.1. The van der Waals surface area contributed by atoms with Crippen molar-refractivity contribution in [2.75, 3.05) is 45.9 Å². The average Bonchev–Trinajstić information content (AvgIpc) is 3.65. The first-order valence-electron chi connectivity index (χ1n) is 21.5. The summed E-state index contributed by atoms with van der Waals surface area (Å²) in [5.41, 5.74) is -0.329. The molecule has 61 heavy (non-hydrogen) atoms. The number of ketones is 2. The van der Waals surface area contributed by atoms with Gasteiger partial charge in [0.25, 0.3) is 0 Å². The van der Waals surface area contributed by atoms with E-state index in [1.54, 1.807) is 44.5 Å². The van der Waals surface area contributed by atoms with Gasteiger partial charge >= 0.3 is 6.09 Å². The van der Waals surface area contributed by atoms with Crippen LogP contribution in [0.5, 0.6) is 0 Å². The summed E-state index contributed by atoms with van der Waals surface area (Å²) in [7, 11) is 2.14. The van der Waals surface area contributed by atoms with Crippen LogP contribution in [0.15, 0.2) is 29.2 Å². The first kappa shape index (κ1) is 53.2. The Morgan fingerprint density at radius 1 is 0.869 bits per heavy atom. The van der Waals surface area contributed by atoms with Crippen LogP contribution in [0.1, 0.15) is 108 Å². The maximum absolute atomic E-state index is 14.5. The second kappa shape index (κ2) is 23.0. The molecule has 15 nitrogen and oxygen atoms in total. The topological polar surface area (TPSA) is 186 Å². The zero-order valence-corrected chi connectivity index (χ0v) is 40.1. The van der Waals surface area contributed by atoms with Crippen molar-refractivity contribution >= 4 is 50.9 Å². The van der Waals surface area contributed by atoms with Gasteiger partial charge in [0, 0.05) is 65.7 Å². The van der Waals surface area contributed by atoms with Crippen LogP contribution >= 0.6 is 0 Å². The van der Waals surface area contributed by atoms with Crippen LogP contribution in [0, 0.1) is 29.6 Å². The Morgan fingerprint density at radius 2 is 1.46 bits per heavy atom. The van der Waals surface area contributed by atoms with Crippen molar-refractivity contribution in [1.82, 2.24) is 14.7 Å². The van der Waals surface area contributed by atoms with Crippen LogP contribution in [-0.2, 0) is 48.0 Å². The summed E-state index contributed by atoms with van der Waals surface area (Å²) in [6.45, 7) is 20.1. The fourth-order valence-corrected chi connectivity index (χ4v) is 9.74. The average molecular weight is 879 g/mol. The molecule has 1 fully saturated rings. The molecule has 8 atom stereocenters. The molecule has 0 radical (unpaired) electrons. The number of hydrogen-bond acceptors (Lipinski definition) is 11. The van der Waals surface area contributed by atoms with Gasteiger partial charge in [0.1, 0.15) is 11.4 Å². The highest BCUT2D eigenvalue weighted by molar-refractivity contribution is 7.92. The van der Waals surface area contributed by atoms with Crippen LogP contribution in [-0.4, -0.2) is 135 Å². The van der Waals surface area contributed by atoms with E-state index in [0.717, 1.165) is 0 Å². The van der Waals surface area contributed by atoms with Crippen molar-refractivity contribution in [1.29, 1.82) is 0 Å². The van der Waals surface area contributed by atoms with E-state index in [0.29, 0.717) is 31.5 Å². The number of carbonyl (C=O) groups excluding carboxylic acids is 6. The number of likely N-dealkylation sites (tertiary alicyclic amines) is 1. The Kier molecular flexibility index (Phi) is 20.1. The fourth-order valence-electron chi connectivity index (χ4n) is 8.38. The summed E-state index contributed by atoms with van der Waals surface area (Å²) < 4.78 is 44.0. The lowest BCUT2D eigenvalue weighted by Gasteiger charge is -2.41. The number of hydrogen-bond donors (Lipinski definition) is 1. The number of Topliss-reactive ketones (excluding diaryl/α,β-unsaturated/α-hetero) is 2. The van der Waals surface area contributed by atoms with Gasteiger partial charge in [0.05, 0.1) is 41.6 Å². The monoisotopic (exact) mass is 879 g/mol. The maximum Gasteiger partial charge on any atom is 0.410 e. The van der Waals surface area contributed by atoms with Gasteiger partial charge < -0.3 is 34.2 Å². The molecule has 0 aromatic heterocycles. The molecule has 0 aliphatic carbocycles. The Morgan fingerprint density at radius 3 is 1.93 bits per heavy atom. The van der Waals surface area contributed by atoms with Crippen LogP contribution in [0.3, 0.4) is 0 Å². The largest absolute Gasteiger partial charge is 0.444 e. The highest BCUT2D eigenvalue weighted by atomic mass is 32.2. The van der Waals surface area contributed by atoms with Crippen molar-refractivity contribution in [2.45, 2.75) is 149 Å². The molecule has 1 N–H and O–H groups in total. The van der Waals surface area contributed by atoms with E-state index >= 15 is 0 Å². The molecule has 0 unspecified atom stereocenters. The van der Waals surface area contributed by atoms with E-state index < -0.39 is 75.2 Å². The maximum atomic E-state index is 14.5. The number of rotatable bonds is 22. The molecule has 4 amide bonds. The van der Waals surface area contributed by atoms with Crippen molar-refractivity contribution < 1.29 is 51.4 Å². The SMILES string of the molecule is CC[C@H](C)[C@@H]([C@@H](CC(=O)N1CCC[C@H]1[C@H](OC)[C@@H](C)C(=O)CS(=O)(=O)c1ccc(NC(C)=O)cc1)OC)N(C)C(=O)[C@@H](CC(=O)[C@H](C(C)C)N(C)C(=O)OC(C)(C)C)C(C)C. The van der Waals surface area contributed by atoms with E-state index in [2.05, 4.69) is 5.32 Å². The van der Waals surface area contributed by atoms with Gasteiger partial charge in [-0.1, -0.05) is 54.9 Å². The second-order valence-electron chi connectivity index (χ2n) is 18.3. The Hall–Kier alpha value is -3.89. The number of amides is 4. The number of methoxy groups -OCH3 is 2. The minimum Gasteiger partial charge on any atom is -0.444 e. The van der Waals surface area contributed by atoms with Gasteiger partial charge in [0.15, 0.2) is 21.4 Å². The minimum atomic E-state index is -4.03. The van der Waals surface area contributed by atoms with E-state index in [-0.39, 0.29) is 59.0 Å². The second-order valence-corrected chi connectivity index (χ2v) is 20.3. The molecule has 1 aliphatic rings. The van der Waals surface area contributed by atoms with E-state index in [1.807, 2.05) is 41.5 Å². The van der Waals surface area contributed by atoms with Gasteiger partial charge in [-0.05, 0) is 75.6 Å². The molecule has 346 valence electrons.